The van der Waals surface area contributed by atoms with Crippen LogP contribution in [0.2, 0.25) is 0 Å². The summed E-state index contributed by atoms with van der Waals surface area (Å²) < 4.78 is 11.5. The van der Waals surface area contributed by atoms with Crippen molar-refractivity contribution >= 4 is 0 Å². The Labute approximate surface area is 237 Å². The molecule has 2 fully saturated rings. The third kappa shape index (κ3) is 5.78. The van der Waals surface area contributed by atoms with Crippen LogP contribution in [0.1, 0.15) is 40.9 Å². The smallest absolute Gasteiger partial charge is 0.113 e. The molecule has 9 atom stereocenters. The van der Waals surface area contributed by atoms with Gasteiger partial charge in [0, 0.05) is 17.5 Å². The van der Waals surface area contributed by atoms with Gasteiger partial charge in [0.05, 0.1) is 49.2 Å². The fraction of sp³-hybridized carbons (Fsp3) is 0.467. The number of aryl methyl sites for hydroxylation is 2. The molecular formula is C30H36N2O9. The molecule has 3 heterocycles. The molecule has 5 unspecified atom stereocenters. The molecule has 0 saturated carbocycles. The number of hydrogen-bond acceptors (Lipinski definition) is 11. The predicted octanol–water partition coefficient (Wildman–Crippen LogP) is 0.486. The number of aliphatic hydroxyl groups excluding tert-OH is 7. The molecule has 3 aromatic rings. The van der Waals surface area contributed by atoms with Crippen molar-refractivity contribution in [2.45, 2.75) is 75.2 Å². The summed E-state index contributed by atoms with van der Waals surface area (Å²) in [5, 5.41) is 70.2. The van der Waals surface area contributed by atoms with Gasteiger partial charge in [0.2, 0.25) is 0 Å². The molecular weight excluding hydrogens is 532 g/mol. The van der Waals surface area contributed by atoms with Crippen LogP contribution >= 0.6 is 0 Å². The van der Waals surface area contributed by atoms with Gasteiger partial charge in [-0.25, -0.2) is 0 Å². The van der Waals surface area contributed by atoms with Crippen molar-refractivity contribution < 1.29 is 45.2 Å². The van der Waals surface area contributed by atoms with Crippen molar-refractivity contribution in [3.63, 3.8) is 0 Å². The molecule has 41 heavy (non-hydrogen) atoms. The van der Waals surface area contributed by atoms with E-state index in [0.717, 1.165) is 27.8 Å². The lowest BCUT2D eigenvalue weighted by molar-refractivity contribution is -0.231. The van der Waals surface area contributed by atoms with Crippen LogP contribution in [-0.4, -0.2) is 102 Å². The minimum atomic E-state index is -1.45. The number of aliphatic hydroxyl groups is 7. The van der Waals surface area contributed by atoms with Gasteiger partial charge in [-0.05, 0) is 48.2 Å². The van der Waals surface area contributed by atoms with Crippen LogP contribution in [-0.2, 0) is 9.47 Å². The van der Waals surface area contributed by atoms with E-state index in [4.69, 9.17) is 9.47 Å². The van der Waals surface area contributed by atoms with Gasteiger partial charge >= 0.3 is 0 Å². The van der Waals surface area contributed by atoms with Gasteiger partial charge in [0.1, 0.15) is 42.7 Å². The molecule has 5 rings (SSSR count). The summed E-state index contributed by atoms with van der Waals surface area (Å²) >= 11 is 0. The molecule has 2 aliphatic rings. The second-order valence-corrected chi connectivity index (χ2v) is 10.8. The fourth-order valence-electron chi connectivity index (χ4n) is 5.63. The molecule has 0 aliphatic carbocycles. The van der Waals surface area contributed by atoms with E-state index in [1.54, 1.807) is 24.5 Å². The lowest BCUT2D eigenvalue weighted by Gasteiger charge is -2.40. The molecule has 0 amide bonds. The highest BCUT2D eigenvalue weighted by Gasteiger charge is 2.44. The van der Waals surface area contributed by atoms with Gasteiger partial charge in [-0.2, -0.15) is 0 Å². The summed E-state index contributed by atoms with van der Waals surface area (Å²) in [4.78, 5) is 9.17. The van der Waals surface area contributed by atoms with Gasteiger partial charge in [0.25, 0.3) is 0 Å². The number of hydrogen-bond donors (Lipinski definition) is 7. The Kier molecular flexibility index (Phi) is 8.81. The van der Waals surface area contributed by atoms with Crippen molar-refractivity contribution in [3.8, 4) is 22.5 Å². The summed E-state index contributed by atoms with van der Waals surface area (Å²) in [5.74, 6) is 0. The molecule has 0 radical (unpaired) electrons. The number of ether oxygens (including phenoxy) is 2. The molecule has 2 saturated heterocycles. The van der Waals surface area contributed by atoms with Crippen LogP contribution < -0.4 is 0 Å². The second kappa shape index (κ2) is 12.2. The van der Waals surface area contributed by atoms with E-state index in [1.165, 1.54) is 0 Å². The van der Waals surface area contributed by atoms with Gasteiger partial charge in [-0.3, -0.25) is 9.97 Å². The highest BCUT2D eigenvalue weighted by atomic mass is 16.5. The third-order valence-electron chi connectivity index (χ3n) is 8.05. The summed E-state index contributed by atoms with van der Waals surface area (Å²) in [5.41, 5.74) is 5.90. The Bertz CT molecular complexity index is 1350. The number of aromatic nitrogens is 2. The summed E-state index contributed by atoms with van der Waals surface area (Å²) in [6, 6.07) is 11.1. The van der Waals surface area contributed by atoms with Crippen LogP contribution in [0, 0.1) is 13.8 Å². The zero-order valence-corrected chi connectivity index (χ0v) is 22.8. The van der Waals surface area contributed by atoms with Crippen LogP contribution in [0.15, 0.2) is 48.8 Å². The van der Waals surface area contributed by atoms with E-state index in [2.05, 4.69) is 9.97 Å². The number of benzene rings is 2. The zero-order chi connectivity index (χ0) is 29.4. The molecule has 0 spiro atoms. The van der Waals surface area contributed by atoms with Crippen molar-refractivity contribution in [2.75, 3.05) is 13.2 Å². The van der Waals surface area contributed by atoms with Crippen molar-refractivity contribution in [2.24, 2.45) is 0 Å². The van der Waals surface area contributed by atoms with E-state index in [1.807, 2.05) is 38.1 Å². The molecule has 11 nitrogen and oxygen atoms in total. The normalized spacial score (nSPS) is 32.2. The SMILES string of the molecule is Cc1cc(-c2cnc(-c3ccc([C@H]4OC(CO)[C@@H](O)C(O)C4O)c(C)c3)cn2)ccc1[C@H]1OC(CO)[C@@H](O)CC1O. The summed E-state index contributed by atoms with van der Waals surface area (Å²) in [6.07, 6.45) is -5.93. The van der Waals surface area contributed by atoms with E-state index < -0.39 is 61.5 Å². The van der Waals surface area contributed by atoms with Gasteiger partial charge in [-0.15, -0.1) is 0 Å². The lowest BCUT2D eigenvalue weighted by Crippen LogP contribution is -2.55. The molecule has 0 bridgehead atoms. The molecule has 2 aromatic carbocycles. The first-order valence-corrected chi connectivity index (χ1v) is 13.6. The summed E-state index contributed by atoms with van der Waals surface area (Å²) in [6.45, 7) is 2.91. The standard InChI is InChI=1S/C30H36N2O9/c1-14-7-16(3-5-18(14)29-23(36)9-22(35)24(12-33)40-29)20-10-32-21(11-31-20)17-4-6-19(15(2)8-17)30-28(39)27(38)26(37)25(13-34)41-30/h3-8,10-11,22-30,33-39H,9,12-13H2,1-2H3/t22-,23?,24?,25?,26+,27?,28?,29+,30+/m0/s1. The first-order chi connectivity index (χ1) is 19.6. The first kappa shape index (κ1) is 29.6. The van der Waals surface area contributed by atoms with Gasteiger partial charge in [0.15, 0.2) is 0 Å². The Morgan fingerprint density at radius 2 is 1.17 bits per heavy atom. The Morgan fingerprint density at radius 1 is 0.659 bits per heavy atom. The molecule has 220 valence electrons. The van der Waals surface area contributed by atoms with Crippen LogP contribution in [0.5, 0.6) is 0 Å². The van der Waals surface area contributed by atoms with Gasteiger partial charge in [-0.1, -0.05) is 24.3 Å². The minimum Gasteiger partial charge on any atom is -0.394 e. The van der Waals surface area contributed by atoms with E-state index >= 15 is 0 Å². The van der Waals surface area contributed by atoms with Gasteiger partial charge < -0.3 is 45.2 Å². The lowest BCUT2D eigenvalue weighted by atomic mass is 9.88. The number of nitrogens with zero attached hydrogens (tertiary/aromatic N) is 2. The highest BCUT2D eigenvalue weighted by Crippen LogP contribution is 2.37. The van der Waals surface area contributed by atoms with Crippen LogP contribution in [0.25, 0.3) is 22.5 Å². The van der Waals surface area contributed by atoms with E-state index in [-0.39, 0.29) is 13.0 Å². The number of rotatable bonds is 6. The fourth-order valence-corrected chi connectivity index (χ4v) is 5.63. The van der Waals surface area contributed by atoms with E-state index in [0.29, 0.717) is 17.0 Å². The van der Waals surface area contributed by atoms with Crippen molar-refractivity contribution in [3.05, 3.63) is 71.0 Å². The Balaban J connectivity index is 1.33. The third-order valence-corrected chi connectivity index (χ3v) is 8.05. The first-order valence-electron chi connectivity index (χ1n) is 13.6. The molecule has 7 N–H and O–H groups in total. The average Bonchev–Trinajstić information content (AvgIpc) is 2.97. The quantitative estimate of drug-likeness (QED) is 0.219. The second-order valence-electron chi connectivity index (χ2n) is 10.8. The Hall–Kier alpha value is -2.84. The molecule has 11 heteroatoms. The zero-order valence-electron chi connectivity index (χ0n) is 22.8. The molecule has 2 aliphatic heterocycles. The largest absolute Gasteiger partial charge is 0.394 e. The minimum absolute atomic E-state index is 0.118. The van der Waals surface area contributed by atoms with E-state index in [9.17, 15) is 35.7 Å². The average molecular weight is 569 g/mol. The topological polar surface area (TPSA) is 186 Å². The predicted molar refractivity (Wildman–Crippen MR) is 146 cm³/mol. The summed E-state index contributed by atoms with van der Waals surface area (Å²) in [7, 11) is 0. The van der Waals surface area contributed by atoms with Crippen LogP contribution in [0.3, 0.4) is 0 Å². The highest BCUT2D eigenvalue weighted by molar-refractivity contribution is 5.64. The van der Waals surface area contributed by atoms with Crippen molar-refractivity contribution in [1.29, 1.82) is 0 Å². The maximum absolute atomic E-state index is 10.5. The Morgan fingerprint density at radius 3 is 1.66 bits per heavy atom. The maximum atomic E-state index is 10.5. The molecule has 1 aromatic heterocycles. The monoisotopic (exact) mass is 568 g/mol. The van der Waals surface area contributed by atoms with Crippen LogP contribution in [0.4, 0.5) is 0 Å². The maximum Gasteiger partial charge on any atom is 0.113 e. The van der Waals surface area contributed by atoms with Crippen molar-refractivity contribution in [1.82, 2.24) is 9.97 Å².